The largest absolute Gasteiger partial charge is 0.481 e. The number of aliphatic carboxylic acids is 1. The van der Waals surface area contributed by atoms with Gasteiger partial charge < -0.3 is 10.2 Å². The van der Waals surface area contributed by atoms with Crippen LogP contribution in [0, 0.1) is 17.3 Å². The highest BCUT2D eigenvalue weighted by Crippen LogP contribution is 2.42. The van der Waals surface area contributed by atoms with Crippen LogP contribution in [0.2, 0.25) is 0 Å². The van der Waals surface area contributed by atoms with Crippen molar-refractivity contribution in [2.75, 3.05) is 0 Å². The van der Waals surface area contributed by atoms with Crippen LogP contribution in [0.3, 0.4) is 0 Å². The van der Waals surface area contributed by atoms with Crippen LogP contribution in [0.4, 0.5) is 0 Å². The van der Waals surface area contributed by atoms with Crippen LogP contribution in [-0.2, 0) is 4.79 Å². The van der Waals surface area contributed by atoms with Crippen molar-refractivity contribution in [2.24, 2.45) is 17.3 Å². The Kier molecular flexibility index (Phi) is 3.77. The molecule has 3 unspecified atom stereocenters. The number of hydrogen-bond acceptors (Lipinski definition) is 2. The summed E-state index contributed by atoms with van der Waals surface area (Å²) in [7, 11) is 0. The van der Waals surface area contributed by atoms with E-state index in [-0.39, 0.29) is 5.41 Å². The molecule has 3 atom stereocenters. The van der Waals surface area contributed by atoms with Crippen molar-refractivity contribution in [3.05, 3.63) is 0 Å². The van der Waals surface area contributed by atoms with E-state index in [1.807, 2.05) is 0 Å². The van der Waals surface area contributed by atoms with Crippen LogP contribution in [0.25, 0.3) is 0 Å². The summed E-state index contributed by atoms with van der Waals surface area (Å²) < 4.78 is 0. The summed E-state index contributed by atoms with van der Waals surface area (Å²) in [6, 6.07) is 0. The SMILES string of the molecule is CCC(C)(C)C1CCC(C(=O)O)C(O)C1. The van der Waals surface area contributed by atoms with Gasteiger partial charge in [0.1, 0.15) is 0 Å². The lowest BCUT2D eigenvalue weighted by Gasteiger charge is -2.40. The van der Waals surface area contributed by atoms with Gasteiger partial charge in [0.25, 0.3) is 0 Å². The lowest BCUT2D eigenvalue weighted by molar-refractivity contribution is -0.149. The number of carboxylic acid groups (broad SMARTS) is 1. The Labute approximate surface area is 91.5 Å². The Morgan fingerprint density at radius 3 is 2.40 bits per heavy atom. The van der Waals surface area contributed by atoms with Gasteiger partial charge in [-0.05, 0) is 30.6 Å². The molecule has 0 spiro atoms. The number of aliphatic hydroxyl groups excluding tert-OH is 1. The topological polar surface area (TPSA) is 57.5 Å². The van der Waals surface area contributed by atoms with Gasteiger partial charge in [0.05, 0.1) is 12.0 Å². The number of aliphatic hydroxyl groups is 1. The summed E-state index contributed by atoms with van der Waals surface area (Å²) in [4.78, 5) is 10.8. The van der Waals surface area contributed by atoms with Crippen molar-refractivity contribution < 1.29 is 15.0 Å². The van der Waals surface area contributed by atoms with Gasteiger partial charge in [-0.25, -0.2) is 0 Å². The van der Waals surface area contributed by atoms with Crippen molar-refractivity contribution in [1.29, 1.82) is 0 Å². The highest BCUT2D eigenvalue weighted by atomic mass is 16.4. The van der Waals surface area contributed by atoms with Crippen molar-refractivity contribution in [1.82, 2.24) is 0 Å². The molecule has 1 fully saturated rings. The number of hydrogen-bond donors (Lipinski definition) is 2. The Balaban J connectivity index is 2.62. The summed E-state index contributed by atoms with van der Waals surface area (Å²) in [5.74, 6) is -0.947. The molecule has 88 valence electrons. The highest BCUT2D eigenvalue weighted by molar-refractivity contribution is 5.70. The maximum atomic E-state index is 10.8. The second kappa shape index (κ2) is 4.52. The molecule has 1 rings (SSSR count). The second-order valence-corrected chi connectivity index (χ2v) is 5.36. The molecule has 15 heavy (non-hydrogen) atoms. The molecule has 0 heterocycles. The zero-order valence-corrected chi connectivity index (χ0v) is 9.86. The third-order valence-corrected chi connectivity index (χ3v) is 4.15. The van der Waals surface area contributed by atoms with E-state index in [1.54, 1.807) is 0 Å². The van der Waals surface area contributed by atoms with Crippen molar-refractivity contribution >= 4 is 5.97 Å². The average Bonchev–Trinajstić information content (AvgIpc) is 2.17. The van der Waals surface area contributed by atoms with Gasteiger partial charge in [0.2, 0.25) is 0 Å². The molecule has 3 heteroatoms. The average molecular weight is 214 g/mol. The van der Waals surface area contributed by atoms with Gasteiger partial charge in [0, 0.05) is 0 Å². The monoisotopic (exact) mass is 214 g/mol. The number of carbonyl (C=O) groups is 1. The minimum Gasteiger partial charge on any atom is -0.481 e. The molecule has 0 bridgehead atoms. The third-order valence-electron chi connectivity index (χ3n) is 4.15. The zero-order valence-electron chi connectivity index (χ0n) is 9.86. The minimum atomic E-state index is -0.852. The minimum absolute atomic E-state index is 0.213. The number of rotatable bonds is 3. The van der Waals surface area contributed by atoms with E-state index in [1.165, 1.54) is 0 Å². The Bertz CT molecular complexity index is 235. The number of carboxylic acids is 1. The van der Waals surface area contributed by atoms with Crippen molar-refractivity contribution in [3.63, 3.8) is 0 Å². The van der Waals surface area contributed by atoms with Gasteiger partial charge in [-0.15, -0.1) is 0 Å². The van der Waals surface area contributed by atoms with Gasteiger partial charge in [0.15, 0.2) is 0 Å². The first-order valence-electron chi connectivity index (χ1n) is 5.79. The summed E-state index contributed by atoms with van der Waals surface area (Å²) in [6.45, 7) is 6.55. The molecule has 1 aliphatic rings. The Morgan fingerprint density at radius 2 is 2.00 bits per heavy atom. The Hall–Kier alpha value is -0.570. The standard InChI is InChI=1S/C12H22O3/c1-4-12(2,3)8-5-6-9(11(14)15)10(13)7-8/h8-10,13H,4-7H2,1-3H3,(H,14,15). The van der Waals surface area contributed by atoms with Crippen LogP contribution >= 0.6 is 0 Å². The summed E-state index contributed by atoms with van der Waals surface area (Å²) in [5, 5.41) is 18.7. The van der Waals surface area contributed by atoms with Gasteiger partial charge in [-0.2, -0.15) is 0 Å². The van der Waals surface area contributed by atoms with Gasteiger partial charge in [-0.3, -0.25) is 4.79 Å². The molecule has 1 saturated carbocycles. The maximum Gasteiger partial charge on any atom is 0.309 e. The fourth-order valence-corrected chi connectivity index (χ4v) is 2.43. The zero-order chi connectivity index (χ0) is 11.6. The molecule has 2 N–H and O–H groups in total. The van der Waals surface area contributed by atoms with Crippen molar-refractivity contribution in [2.45, 2.75) is 52.6 Å². The molecule has 0 aromatic rings. The molecule has 0 aliphatic heterocycles. The molecular weight excluding hydrogens is 192 g/mol. The fourth-order valence-electron chi connectivity index (χ4n) is 2.43. The smallest absolute Gasteiger partial charge is 0.309 e. The van der Waals surface area contributed by atoms with E-state index in [0.717, 1.165) is 12.8 Å². The summed E-state index contributed by atoms with van der Waals surface area (Å²) in [5.41, 5.74) is 0.213. The summed E-state index contributed by atoms with van der Waals surface area (Å²) in [6.07, 6.45) is 2.59. The molecule has 0 amide bonds. The lowest BCUT2D eigenvalue weighted by atomic mass is 9.66. The first-order chi connectivity index (χ1) is 6.88. The Morgan fingerprint density at radius 1 is 1.40 bits per heavy atom. The van der Waals surface area contributed by atoms with Crippen LogP contribution in [0.5, 0.6) is 0 Å². The van der Waals surface area contributed by atoms with E-state index in [0.29, 0.717) is 18.8 Å². The summed E-state index contributed by atoms with van der Waals surface area (Å²) >= 11 is 0. The van der Waals surface area contributed by atoms with Gasteiger partial charge in [-0.1, -0.05) is 27.2 Å². The predicted octanol–water partition coefficient (Wildman–Crippen LogP) is 2.28. The fraction of sp³-hybridized carbons (Fsp3) is 0.917. The predicted molar refractivity (Wildman–Crippen MR) is 58.5 cm³/mol. The van der Waals surface area contributed by atoms with Crippen LogP contribution in [0.1, 0.15) is 46.5 Å². The van der Waals surface area contributed by atoms with E-state index in [9.17, 15) is 9.90 Å². The second-order valence-electron chi connectivity index (χ2n) is 5.36. The normalized spacial score (nSPS) is 32.7. The van der Waals surface area contributed by atoms with Crippen LogP contribution in [-0.4, -0.2) is 22.3 Å². The first-order valence-corrected chi connectivity index (χ1v) is 5.79. The van der Waals surface area contributed by atoms with E-state index in [2.05, 4.69) is 20.8 Å². The van der Waals surface area contributed by atoms with Crippen LogP contribution in [0.15, 0.2) is 0 Å². The molecule has 0 saturated heterocycles. The van der Waals surface area contributed by atoms with Gasteiger partial charge >= 0.3 is 5.97 Å². The highest BCUT2D eigenvalue weighted by Gasteiger charge is 2.39. The quantitative estimate of drug-likeness (QED) is 0.757. The van der Waals surface area contributed by atoms with E-state index < -0.39 is 18.0 Å². The maximum absolute atomic E-state index is 10.8. The molecule has 0 aromatic carbocycles. The van der Waals surface area contributed by atoms with Crippen LogP contribution < -0.4 is 0 Å². The molecule has 0 radical (unpaired) electrons. The molecule has 1 aliphatic carbocycles. The van der Waals surface area contributed by atoms with E-state index >= 15 is 0 Å². The first kappa shape index (κ1) is 12.5. The molecular formula is C12H22O3. The molecule has 0 aromatic heterocycles. The molecule has 3 nitrogen and oxygen atoms in total. The lowest BCUT2D eigenvalue weighted by Crippen LogP contribution is -2.39. The van der Waals surface area contributed by atoms with E-state index in [4.69, 9.17) is 5.11 Å². The third kappa shape index (κ3) is 2.71. The van der Waals surface area contributed by atoms with Crippen molar-refractivity contribution in [3.8, 4) is 0 Å².